The smallest absolute Gasteiger partial charge is 0.355 e. The van der Waals surface area contributed by atoms with Crippen LogP contribution in [0.5, 0.6) is 0 Å². The summed E-state index contributed by atoms with van der Waals surface area (Å²) in [5.74, 6) is -1.21. The number of carbonyl (C=O) groups is 3. The highest BCUT2D eigenvalue weighted by molar-refractivity contribution is 6.00. The van der Waals surface area contributed by atoms with Crippen LogP contribution in [0.1, 0.15) is 56.9 Å². The monoisotopic (exact) mass is 540 g/mol. The number of aliphatic hydroxyl groups excluding tert-OH is 1. The molecule has 0 unspecified atom stereocenters. The summed E-state index contributed by atoms with van der Waals surface area (Å²) in [7, 11) is 1.78. The number of oxazole rings is 1. The van der Waals surface area contributed by atoms with E-state index in [1.165, 1.54) is 17.2 Å². The Labute approximate surface area is 229 Å². The van der Waals surface area contributed by atoms with Gasteiger partial charge in [0.2, 0.25) is 5.91 Å². The highest BCUT2D eigenvalue weighted by Crippen LogP contribution is 2.24. The van der Waals surface area contributed by atoms with E-state index in [4.69, 9.17) is 9.15 Å². The molecule has 2 aliphatic heterocycles. The summed E-state index contributed by atoms with van der Waals surface area (Å²) in [6.45, 7) is 8.29. The summed E-state index contributed by atoms with van der Waals surface area (Å²) >= 11 is 0. The molecular formula is C29H40N4O6. The molecule has 4 atom stereocenters. The van der Waals surface area contributed by atoms with Crippen LogP contribution in [0.3, 0.4) is 0 Å². The van der Waals surface area contributed by atoms with Crippen molar-refractivity contribution in [2.24, 2.45) is 11.8 Å². The third kappa shape index (κ3) is 8.49. The zero-order chi connectivity index (χ0) is 28.5. The minimum absolute atomic E-state index is 0.0245. The summed E-state index contributed by atoms with van der Waals surface area (Å²) in [5.41, 5.74) is 1.13. The number of aromatic nitrogens is 1. The van der Waals surface area contributed by atoms with Gasteiger partial charge in [0.1, 0.15) is 18.1 Å². The van der Waals surface area contributed by atoms with Crippen molar-refractivity contribution in [3.63, 3.8) is 0 Å². The van der Waals surface area contributed by atoms with E-state index in [0.29, 0.717) is 38.2 Å². The molecule has 10 heteroatoms. The van der Waals surface area contributed by atoms with Crippen molar-refractivity contribution >= 4 is 17.8 Å². The van der Waals surface area contributed by atoms with Crippen LogP contribution in [0.2, 0.25) is 0 Å². The predicted molar refractivity (Wildman–Crippen MR) is 146 cm³/mol. The molecule has 39 heavy (non-hydrogen) atoms. The molecule has 0 spiro atoms. The van der Waals surface area contributed by atoms with Crippen LogP contribution >= 0.6 is 0 Å². The SMILES string of the molecule is CN[C@H]1Cc2nc(co2)C(=O)N2CCC=C2C(=O)O[C@H](C(C)C)[C@H](C)/C=C/C(=O)NC/C=C/C(C)=C/[C@@H](O)C1. The van der Waals surface area contributed by atoms with Gasteiger partial charge in [-0.05, 0) is 38.8 Å². The number of aliphatic hydroxyl groups is 1. The number of rotatable bonds is 2. The molecular weight excluding hydrogens is 500 g/mol. The normalized spacial score (nSPS) is 29.1. The molecule has 0 radical (unpaired) electrons. The summed E-state index contributed by atoms with van der Waals surface area (Å²) in [4.78, 5) is 44.5. The van der Waals surface area contributed by atoms with Crippen LogP contribution in [0, 0.1) is 11.8 Å². The van der Waals surface area contributed by atoms with E-state index >= 15 is 0 Å². The summed E-state index contributed by atoms with van der Waals surface area (Å²) < 4.78 is 11.4. The first-order chi connectivity index (χ1) is 18.6. The lowest BCUT2D eigenvalue weighted by Crippen LogP contribution is -2.36. The Kier molecular flexibility index (Phi) is 10.8. The van der Waals surface area contributed by atoms with Gasteiger partial charge in [0, 0.05) is 31.5 Å². The van der Waals surface area contributed by atoms with Crippen molar-refractivity contribution in [2.75, 3.05) is 20.1 Å². The average Bonchev–Trinajstić information content (AvgIpc) is 3.57. The lowest BCUT2D eigenvalue weighted by Gasteiger charge is -2.27. The first kappa shape index (κ1) is 30.0. The molecule has 3 heterocycles. The highest BCUT2D eigenvalue weighted by atomic mass is 16.5. The van der Waals surface area contributed by atoms with E-state index in [0.717, 1.165) is 5.57 Å². The van der Waals surface area contributed by atoms with Crippen LogP contribution in [0.4, 0.5) is 0 Å². The van der Waals surface area contributed by atoms with Gasteiger partial charge >= 0.3 is 5.97 Å². The second-order valence-corrected chi connectivity index (χ2v) is 10.3. The Morgan fingerprint density at radius 1 is 1.23 bits per heavy atom. The minimum Gasteiger partial charge on any atom is -0.457 e. The van der Waals surface area contributed by atoms with Crippen LogP contribution in [-0.2, 0) is 20.7 Å². The van der Waals surface area contributed by atoms with Crippen molar-refractivity contribution in [3.05, 3.63) is 65.6 Å². The Hall–Kier alpha value is -3.50. The molecule has 212 valence electrons. The van der Waals surface area contributed by atoms with Gasteiger partial charge in [-0.15, -0.1) is 0 Å². The molecule has 1 aromatic rings. The fourth-order valence-corrected chi connectivity index (χ4v) is 4.69. The van der Waals surface area contributed by atoms with Gasteiger partial charge in [-0.25, -0.2) is 9.78 Å². The van der Waals surface area contributed by atoms with Crippen LogP contribution < -0.4 is 10.6 Å². The largest absolute Gasteiger partial charge is 0.457 e. The number of cyclic esters (lactones) is 1. The number of hydrogen-bond acceptors (Lipinski definition) is 8. The van der Waals surface area contributed by atoms with E-state index in [2.05, 4.69) is 15.6 Å². The van der Waals surface area contributed by atoms with Crippen molar-refractivity contribution < 1.29 is 28.6 Å². The fourth-order valence-electron chi connectivity index (χ4n) is 4.69. The van der Waals surface area contributed by atoms with E-state index in [9.17, 15) is 19.5 Å². The molecule has 2 aliphatic rings. The van der Waals surface area contributed by atoms with Gasteiger partial charge in [-0.2, -0.15) is 0 Å². The number of likely N-dealkylation sites (N-methyl/N-ethyl adjacent to an activating group) is 1. The molecule has 0 fully saturated rings. The number of hydrogen-bond donors (Lipinski definition) is 3. The first-order valence-corrected chi connectivity index (χ1v) is 13.4. The van der Waals surface area contributed by atoms with E-state index in [-0.39, 0.29) is 35.2 Å². The number of nitrogens with zero attached hydrogens (tertiary/aromatic N) is 2. The van der Waals surface area contributed by atoms with Crippen molar-refractivity contribution in [1.82, 2.24) is 20.5 Å². The third-order valence-electron chi connectivity index (χ3n) is 6.76. The van der Waals surface area contributed by atoms with Crippen molar-refractivity contribution in [3.8, 4) is 0 Å². The lowest BCUT2D eigenvalue weighted by molar-refractivity contribution is -0.149. The van der Waals surface area contributed by atoms with Crippen molar-refractivity contribution in [1.29, 1.82) is 0 Å². The van der Waals surface area contributed by atoms with E-state index < -0.39 is 24.1 Å². The second kappa shape index (κ2) is 14.0. The van der Waals surface area contributed by atoms with Crippen LogP contribution in [0.25, 0.3) is 0 Å². The Bertz CT molecular complexity index is 1150. The Balaban J connectivity index is 1.88. The fraction of sp³-hybridized carbons (Fsp3) is 0.517. The highest BCUT2D eigenvalue weighted by Gasteiger charge is 2.33. The molecule has 0 aliphatic carbocycles. The maximum atomic E-state index is 13.3. The summed E-state index contributed by atoms with van der Waals surface area (Å²) in [5, 5.41) is 16.5. The molecule has 0 saturated heterocycles. The number of carbonyl (C=O) groups excluding carboxylic acids is 3. The van der Waals surface area contributed by atoms with Gasteiger partial charge in [-0.1, -0.05) is 56.7 Å². The van der Waals surface area contributed by atoms with Gasteiger partial charge in [0.05, 0.1) is 6.10 Å². The number of nitrogens with one attached hydrogen (secondary N) is 2. The van der Waals surface area contributed by atoms with Gasteiger partial charge in [0.25, 0.3) is 5.91 Å². The quantitative estimate of drug-likeness (QED) is 0.488. The van der Waals surface area contributed by atoms with Crippen molar-refractivity contribution in [2.45, 2.75) is 65.2 Å². The molecule has 0 aromatic carbocycles. The average molecular weight is 541 g/mol. The Morgan fingerprint density at radius 3 is 2.72 bits per heavy atom. The minimum atomic E-state index is -0.721. The number of fused-ring (bicyclic) bond motifs is 3. The molecule has 1 aromatic heterocycles. The van der Waals surface area contributed by atoms with Gasteiger partial charge in [0.15, 0.2) is 11.6 Å². The number of amides is 2. The van der Waals surface area contributed by atoms with Crippen LogP contribution in [0.15, 0.2) is 58.4 Å². The maximum absolute atomic E-state index is 13.3. The number of allylic oxidation sites excluding steroid dienone is 2. The summed E-state index contributed by atoms with van der Waals surface area (Å²) in [6.07, 6.45) is 11.6. The molecule has 3 N–H and O–H groups in total. The lowest BCUT2D eigenvalue weighted by atomic mass is 9.94. The van der Waals surface area contributed by atoms with Gasteiger partial charge < -0.3 is 29.8 Å². The second-order valence-electron chi connectivity index (χ2n) is 10.3. The third-order valence-corrected chi connectivity index (χ3v) is 6.76. The van der Waals surface area contributed by atoms with E-state index in [1.54, 1.807) is 25.3 Å². The molecule has 0 saturated carbocycles. The maximum Gasteiger partial charge on any atom is 0.355 e. The standard InChI is InChI=1S/C29H40N4O6/c1-18(2)27-20(4)10-11-25(35)31-12-6-8-19(3)14-22(34)15-21(30-5)16-26-32-23(17-38-26)28(36)33-13-7-9-24(33)29(37)39-27/h6,8-11,14,17-18,20-22,27,30,34H,7,12-13,15-16H2,1-5H3,(H,31,35)/b8-6+,11-10+,19-14+/t20-,21-,22-,27-/m1/s1. The predicted octanol–water partition coefficient (Wildman–Crippen LogP) is 2.68. The zero-order valence-electron chi connectivity index (χ0n) is 23.3. The summed E-state index contributed by atoms with van der Waals surface area (Å²) in [6, 6.07) is -0.158. The number of esters is 1. The molecule has 2 bridgehead atoms. The first-order valence-electron chi connectivity index (χ1n) is 13.4. The van der Waals surface area contributed by atoms with E-state index in [1.807, 2.05) is 39.8 Å². The number of ether oxygens (including phenoxy) is 1. The Morgan fingerprint density at radius 2 is 2.00 bits per heavy atom. The molecule has 3 rings (SSSR count). The molecule has 10 nitrogen and oxygen atoms in total. The molecule has 2 amide bonds. The van der Waals surface area contributed by atoms with Crippen LogP contribution in [-0.4, -0.2) is 71.2 Å². The zero-order valence-corrected chi connectivity index (χ0v) is 23.3. The van der Waals surface area contributed by atoms with Gasteiger partial charge in [-0.3, -0.25) is 9.59 Å². The topological polar surface area (TPSA) is 134 Å².